The minimum absolute atomic E-state index is 0.358. The molecule has 2 aromatic heterocycles. The number of fused-ring (bicyclic) bond motifs is 1. The lowest BCUT2D eigenvalue weighted by molar-refractivity contribution is 0.624. The largest absolute Gasteiger partial charge is 0.326 e. The van der Waals surface area contributed by atoms with Crippen LogP contribution in [0.1, 0.15) is 5.56 Å². The van der Waals surface area contributed by atoms with Gasteiger partial charge in [-0.1, -0.05) is 0 Å². The quantitative estimate of drug-likeness (QED) is 0.712. The van der Waals surface area contributed by atoms with E-state index in [1.165, 1.54) is 6.07 Å². The molecule has 0 atom stereocenters. The summed E-state index contributed by atoms with van der Waals surface area (Å²) in [4.78, 5) is 7.86. The van der Waals surface area contributed by atoms with Gasteiger partial charge in [0.2, 0.25) is 0 Å². The van der Waals surface area contributed by atoms with Gasteiger partial charge in [-0.05, 0) is 17.7 Å². The molecule has 4 heteroatoms. The SMILES string of the molecule is NCc1cnc2ncc(F)cc2c1. The van der Waals surface area contributed by atoms with E-state index < -0.39 is 0 Å². The van der Waals surface area contributed by atoms with E-state index in [0.717, 1.165) is 11.8 Å². The molecule has 0 radical (unpaired) electrons. The molecular weight excluding hydrogens is 169 g/mol. The summed E-state index contributed by atoms with van der Waals surface area (Å²) < 4.78 is 12.8. The van der Waals surface area contributed by atoms with Gasteiger partial charge in [-0.3, -0.25) is 0 Å². The fourth-order valence-corrected chi connectivity index (χ4v) is 1.15. The van der Waals surface area contributed by atoms with Gasteiger partial charge in [0.1, 0.15) is 5.82 Å². The van der Waals surface area contributed by atoms with Gasteiger partial charge in [0.05, 0.1) is 6.20 Å². The first-order chi connectivity index (χ1) is 6.29. The molecule has 0 aromatic carbocycles. The minimum Gasteiger partial charge on any atom is -0.326 e. The molecule has 0 aliphatic carbocycles. The van der Waals surface area contributed by atoms with Crippen LogP contribution in [0.5, 0.6) is 0 Å². The van der Waals surface area contributed by atoms with E-state index in [9.17, 15) is 4.39 Å². The highest BCUT2D eigenvalue weighted by atomic mass is 19.1. The molecule has 2 heterocycles. The van der Waals surface area contributed by atoms with Crippen LogP contribution < -0.4 is 5.73 Å². The lowest BCUT2D eigenvalue weighted by Crippen LogP contribution is -1.97. The summed E-state index contributed by atoms with van der Waals surface area (Å²) in [7, 11) is 0. The van der Waals surface area contributed by atoms with E-state index in [4.69, 9.17) is 5.73 Å². The number of halogens is 1. The summed E-state index contributed by atoms with van der Waals surface area (Å²) in [6.45, 7) is 0.402. The summed E-state index contributed by atoms with van der Waals surface area (Å²) in [5.41, 5.74) is 6.84. The Labute approximate surface area is 74.4 Å². The van der Waals surface area contributed by atoms with Crippen molar-refractivity contribution in [3.8, 4) is 0 Å². The van der Waals surface area contributed by atoms with Crippen molar-refractivity contribution in [2.45, 2.75) is 6.54 Å². The van der Waals surface area contributed by atoms with E-state index in [0.29, 0.717) is 17.6 Å². The highest BCUT2D eigenvalue weighted by molar-refractivity contribution is 5.74. The predicted molar refractivity (Wildman–Crippen MR) is 47.4 cm³/mol. The molecular formula is C9H8FN3. The summed E-state index contributed by atoms with van der Waals surface area (Å²) >= 11 is 0. The van der Waals surface area contributed by atoms with Crippen LogP contribution in [0, 0.1) is 5.82 Å². The smallest absolute Gasteiger partial charge is 0.159 e. The number of pyridine rings is 2. The average molecular weight is 177 g/mol. The first kappa shape index (κ1) is 8.07. The number of aromatic nitrogens is 2. The Morgan fingerprint density at radius 2 is 2.00 bits per heavy atom. The molecule has 0 aliphatic heterocycles. The molecule has 0 fully saturated rings. The Morgan fingerprint density at radius 3 is 2.77 bits per heavy atom. The van der Waals surface area contributed by atoms with Crippen molar-refractivity contribution in [1.82, 2.24) is 9.97 Å². The molecule has 0 saturated heterocycles. The molecule has 2 aromatic rings. The van der Waals surface area contributed by atoms with Crippen LogP contribution in [0.2, 0.25) is 0 Å². The second-order valence-electron chi connectivity index (χ2n) is 2.75. The Bertz CT molecular complexity index is 442. The van der Waals surface area contributed by atoms with E-state index in [2.05, 4.69) is 9.97 Å². The third-order valence-electron chi connectivity index (χ3n) is 1.79. The van der Waals surface area contributed by atoms with Crippen molar-refractivity contribution >= 4 is 11.0 Å². The van der Waals surface area contributed by atoms with Gasteiger partial charge in [0.15, 0.2) is 5.65 Å². The summed E-state index contributed by atoms with van der Waals surface area (Å²) in [5.74, 6) is -0.358. The Balaban J connectivity index is 2.68. The van der Waals surface area contributed by atoms with Crippen molar-refractivity contribution in [1.29, 1.82) is 0 Å². The second-order valence-corrected chi connectivity index (χ2v) is 2.75. The molecule has 0 bridgehead atoms. The molecule has 2 rings (SSSR count). The van der Waals surface area contributed by atoms with E-state index in [1.807, 2.05) is 0 Å². The third-order valence-corrected chi connectivity index (χ3v) is 1.79. The highest BCUT2D eigenvalue weighted by Crippen LogP contribution is 2.11. The zero-order valence-electron chi connectivity index (χ0n) is 6.87. The van der Waals surface area contributed by atoms with E-state index >= 15 is 0 Å². The maximum Gasteiger partial charge on any atom is 0.159 e. The standard InChI is InChI=1S/C9H8FN3/c10-8-2-7-1-6(3-11)4-12-9(7)13-5-8/h1-2,4-5H,3,11H2. The number of rotatable bonds is 1. The molecule has 0 saturated carbocycles. The molecule has 0 amide bonds. The Morgan fingerprint density at radius 1 is 1.23 bits per heavy atom. The van der Waals surface area contributed by atoms with Gasteiger partial charge >= 0.3 is 0 Å². The summed E-state index contributed by atoms with van der Waals surface area (Å²) in [6, 6.07) is 3.19. The van der Waals surface area contributed by atoms with Crippen molar-refractivity contribution in [2.75, 3.05) is 0 Å². The maximum atomic E-state index is 12.8. The van der Waals surface area contributed by atoms with E-state index in [1.54, 1.807) is 12.3 Å². The fraction of sp³-hybridized carbons (Fsp3) is 0.111. The summed E-state index contributed by atoms with van der Waals surface area (Å²) in [5, 5.41) is 0.683. The topological polar surface area (TPSA) is 51.8 Å². The summed E-state index contributed by atoms with van der Waals surface area (Å²) in [6.07, 6.45) is 2.80. The number of nitrogens with zero attached hydrogens (tertiary/aromatic N) is 2. The van der Waals surface area contributed by atoms with Crippen LogP contribution in [0.3, 0.4) is 0 Å². The maximum absolute atomic E-state index is 12.8. The Kier molecular flexibility index (Phi) is 1.90. The van der Waals surface area contributed by atoms with Gasteiger partial charge in [-0.25, -0.2) is 14.4 Å². The van der Waals surface area contributed by atoms with Crippen molar-refractivity contribution in [2.24, 2.45) is 5.73 Å². The first-order valence-corrected chi connectivity index (χ1v) is 3.90. The monoisotopic (exact) mass is 177 g/mol. The van der Waals surface area contributed by atoms with Crippen LogP contribution in [-0.2, 0) is 6.54 Å². The number of hydrogen-bond donors (Lipinski definition) is 1. The van der Waals surface area contributed by atoms with Crippen molar-refractivity contribution in [3.63, 3.8) is 0 Å². The zero-order valence-corrected chi connectivity index (χ0v) is 6.87. The number of nitrogens with two attached hydrogens (primary N) is 1. The van der Waals surface area contributed by atoms with Gasteiger partial charge in [-0.2, -0.15) is 0 Å². The molecule has 0 unspecified atom stereocenters. The van der Waals surface area contributed by atoms with Crippen molar-refractivity contribution in [3.05, 3.63) is 35.9 Å². The minimum atomic E-state index is -0.358. The molecule has 0 aliphatic rings. The Hall–Kier alpha value is -1.55. The average Bonchev–Trinajstić information content (AvgIpc) is 2.16. The molecule has 0 spiro atoms. The third kappa shape index (κ3) is 1.48. The lowest BCUT2D eigenvalue weighted by atomic mass is 10.2. The van der Waals surface area contributed by atoms with Gasteiger partial charge < -0.3 is 5.73 Å². The lowest BCUT2D eigenvalue weighted by Gasteiger charge is -1.98. The highest BCUT2D eigenvalue weighted by Gasteiger charge is 1.99. The second kappa shape index (κ2) is 3.06. The van der Waals surface area contributed by atoms with Crippen LogP contribution >= 0.6 is 0 Å². The van der Waals surface area contributed by atoms with Crippen LogP contribution in [0.15, 0.2) is 24.5 Å². The van der Waals surface area contributed by atoms with Crippen LogP contribution in [0.4, 0.5) is 4.39 Å². The van der Waals surface area contributed by atoms with Gasteiger partial charge in [-0.15, -0.1) is 0 Å². The molecule has 2 N–H and O–H groups in total. The van der Waals surface area contributed by atoms with E-state index in [-0.39, 0.29) is 5.82 Å². The molecule has 3 nitrogen and oxygen atoms in total. The predicted octanol–water partition coefficient (Wildman–Crippen LogP) is 1.23. The normalized spacial score (nSPS) is 10.6. The van der Waals surface area contributed by atoms with Crippen molar-refractivity contribution < 1.29 is 4.39 Å². The van der Waals surface area contributed by atoms with Crippen LogP contribution in [-0.4, -0.2) is 9.97 Å². The van der Waals surface area contributed by atoms with Crippen LogP contribution in [0.25, 0.3) is 11.0 Å². The fourth-order valence-electron chi connectivity index (χ4n) is 1.15. The van der Waals surface area contributed by atoms with Gasteiger partial charge in [0, 0.05) is 18.1 Å². The zero-order chi connectivity index (χ0) is 9.26. The number of hydrogen-bond acceptors (Lipinski definition) is 3. The first-order valence-electron chi connectivity index (χ1n) is 3.90. The molecule has 13 heavy (non-hydrogen) atoms. The van der Waals surface area contributed by atoms with Gasteiger partial charge in [0.25, 0.3) is 0 Å². The molecule has 66 valence electrons.